The maximum absolute atomic E-state index is 11.2. The van der Waals surface area contributed by atoms with Gasteiger partial charge in [-0.3, -0.25) is 4.79 Å². The van der Waals surface area contributed by atoms with E-state index in [0.29, 0.717) is 18.5 Å². The lowest BCUT2D eigenvalue weighted by atomic mass is 9.98. The van der Waals surface area contributed by atoms with E-state index in [1.165, 1.54) is 32.2 Å². The van der Waals surface area contributed by atoms with Crippen LogP contribution in [0.2, 0.25) is 0 Å². The Kier molecular flexibility index (Phi) is 6.52. The SMILES string of the molecule is CNC(=O)CCN(C)C(C)CC1CCCCN1. The molecule has 1 saturated heterocycles. The first-order valence-electron chi connectivity index (χ1n) is 6.77. The number of piperidine rings is 1. The minimum Gasteiger partial charge on any atom is -0.359 e. The third-order valence-corrected chi connectivity index (χ3v) is 3.76. The number of hydrogen-bond donors (Lipinski definition) is 2. The molecule has 1 amide bonds. The zero-order chi connectivity index (χ0) is 12.7. The summed E-state index contributed by atoms with van der Waals surface area (Å²) in [7, 11) is 3.80. The molecule has 4 heteroatoms. The molecule has 0 aliphatic carbocycles. The maximum Gasteiger partial charge on any atom is 0.221 e. The van der Waals surface area contributed by atoms with Crippen LogP contribution in [-0.2, 0) is 4.79 Å². The van der Waals surface area contributed by atoms with E-state index in [4.69, 9.17) is 0 Å². The second kappa shape index (κ2) is 7.67. The van der Waals surface area contributed by atoms with E-state index >= 15 is 0 Å². The number of nitrogens with one attached hydrogen (secondary N) is 2. The number of hydrogen-bond acceptors (Lipinski definition) is 3. The zero-order valence-electron chi connectivity index (χ0n) is 11.5. The van der Waals surface area contributed by atoms with Gasteiger partial charge in [-0.15, -0.1) is 0 Å². The molecule has 0 aromatic carbocycles. The van der Waals surface area contributed by atoms with Gasteiger partial charge < -0.3 is 15.5 Å². The molecule has 4 nitrogen and oxygen atoms in total. The third kappa shape index (κ3) is 5.50. The van der Waals surface area contributed by atoms with Crippen LogP contribution in [0.25, 0.3) is 0 Å². The predicted molar refractivity (Wildman–Crippen MR) is 71.0 cm³/mol. The van der Waals surface area contributed by atoms with Crippen molar-refractivity contribution >= 4 is 5.91 Å². The molecule has 0 spiro atoms. The van der Waals surface area contributed by atoms with Crippen molar-refractivity contribution in [3.8, 4) is 0 Å². The van der Waals surface area contributed by atoms with E-state index in [1.54, 1.807) is 7.05 Å². The monoisotopic (exact) mass is 241 g/mol. The van der Waals surface area contributed by atoms with Gasteiger partial charge >= 0.3 is 0 Å². The van der Waals surface area contributed by atoms with Gasteiger partial charge in [0, 0.05) is 32.1 Å². The highest BCUT2D eigenvalue weighted by molar-refractivity contribution is 5.75. The second-order valence-corrected chi connectivity index (χ2v) is 5.14. The van der Waals surface area contributed by atoms with Crippen LogP contribution in [0.15, 0.2) is 0 Å². The minimum absolute atomic E-state index is 0.125. The molecule has 0 saturated carbocycles. The van der Waals surface area contributed by atoms with Crippen LogP contribution >= 0.6 is 0 Å². The molecule has 0 aromatic heterocycles. The van der Waals surface area contributed by atoms with Gasteiger partial charge in [-0.1, -0.05) is 6.42 Å². The Bertz CT molecular complexity index is 227. The van der Waals surface area contributed by atoms with Gasteiger partial charge in [-0.2, -0.15) is 0 Å². The quantitative estimate of drug-likeness (QED) is 0.728. The lowest BCUT2D eigenvalue weighted by Crippen LogP contribution is -2.41. The molecular formula is C13H27N3O. The van der Waals surface area contributed by atoms with Crippen molar-refractivity contribution in [2.45, 2.75) is 51.1 Å². The Morgan fingerprint density at radius 1 is 1.53 bits per heavy atom. The lowest BCUT2D eigenvalue weighted by molar-refractivity contribution is -0.120. The van der Waals surface area contributed by atoms with E-state index in [2.05, 4.69) is 29.5 Å². The lowest BCUT2D eigenvalue weighted by Gasteiger charge is -2.31. The summed E-state index contributed by atoms with van der Waals surface area (Å²) in [4.78, 5) is 13.5. The zero-order valence-corrected chi connectivity index (χ0v) is 11.5. The topological polar surface area (TPSA) is 44.4 Å². The van der Waals surface area contributed by atoms with Gasteiger partial charge in [0.05, 0.1) is 0 Å². The van der Waals surface area contributed by atoms with Crippen LogP contribution < -0.4 is 10.6 Å². The van der Waals surface area contributed by atoms with Crippen LogP contribution in [0.1, 0.15) is 39.0 Å². The number of carbonyl (C=O) groups excluding carboxylic acids is 1. The third-order valence-electron chi connectivity index (χ3n) is 3.76. The van der Waals surface area contributed by atoms with Crippen molar-refractivity contribution in [3.63, 3.8) is 0 Å². The van der Waals surface area contributed by atoms with E-state index in [1.807, 2.05) is 0 Å². The molecule has 0 radical (unpaired) electrons. The highest BCUT2D eigenvalue weighted by atomic mass is 16.1. The molecule has 2 N–H and O–H groups in total. The van der Waals surface area contributed by atoms with Crippen molar-refractivity contribution < 1.29 is 4.79 Å². The smallest absolute Gasteiger partial charge is 0.221 e. The summed E-state index contributed by atoms with van der Waals surface area (Å²) in [6, 6.07) is 1.21. The molecule has 1 heterocycles. The summed E-state index contributed by atoms with van der Waals surface area (Å²) in [5.41, 5.74) is 0. The Morgan fingerprint density at radius 3 is 2.88 bits per heavy atom. The average Bonchev–Trinajstić information content (AvgIpc) is 2.36. The molecule has 1 aliphatic heterocycles. The molecule has 100 valence electrons. The van der Waals surface area contributed by atoms with Crippen molar-refractivity contribution in [2.75, 3.05) is 27.2 Å². The van der Waals surface area contributed by atoms with Gasteiger partial charge in [0.2, 0.25) is 5.91 Å². The molecule has 1 rings (SSSR count). The highest BCUT2D eigenvalue weighted by Crippen LogP contribution is 2.14. The Balaban J connectivity index is 2.20. The summed E-state index contributed by atoms with van der Waals surface area (Å²) in [5.74, 6) is 0.125. The first kappa shape index (κ1) is 14.5. The first-order chi connectivity index (χ1) is 8.13. The van der Waals surface area contributed by atoms with E-state index in [9.17, 15) is 4.79 Å². The average molecular weight is 241 g/mol. The van der Waals surface area contributed by atoms with Crippen molar-refractivity contribution in [2.24, 2.45) is 0 Å². The van der Waals surface area contributed by atoms with Gasteiger partial charge in [-0.25, -0.2) is 0 Å². The number of amides is 1. The van der Waals surface area contributed by atoms with Gasteiger partial charge in [0.25, 0.3) is 0 Å². The fourth-order valence-corrected chi connectivity index (χ4v) is 2.34. The highest BCUT2D eigenvalue weighted by Gasteiger charge is 2.18. The fourth-order valence-electron chi connectivity index (χ4n) is 2.34. The Hall–Kier alpha value is -0.610. The van der Waals surface area contributed by atoms with E-state index in [-0.39, 0.29) is 5.91 Å². The predicted octanol–water partition coefficient (Wildman–Crippen LogP) is 0.975. The normalized spacial score (nSPS) is 22.5. The molecule has 2 atom stereocenters. The Labute approximate surface area is 105 Å². The van der Waals surface area contributed by atoms with Crippen molar-refractivity contribution in [1.82, 2.24) is 15.5 Å². The number of rotatable bonds is 6. The van der Waals surface area contributed by atoms with Crippen LogP contribution in [0.3, 0.4) is 0 Å². The molecule has 1 fully saturated rings. The van der Waals surface area contributed by atoms with E-state index < -0.39 is 0 Å². The molecule has 2 unspecified atom stereocenters. The van der Waals surface area contributed by atoms with Crippen LogP contribution in [0.4, 0.5) is 0 Å². The molecule has 0 aromatic rings. The second-order valence-electron chi connectivity index (χ2n) is 5.14. The maximum atomic E-state index is 11.2. The largest absolute Gasteiger partial charge is 0.359 e. The van der Waals surface area contributed by atoms with Crippen molar-refractivity contribution in [3.05, 3.63) is 0 Å². The van der Waals surface area contributed by atoms with Gasteiger partial charge in [0.1, 0.15) is 0 Å². The Morgan fingerprint density at radius 2 is 2.29 bits per heavy atom. The molecule has 17 heavy (non-hydrogen) atoms. The van der Waals surface area contributed by atoms with Crippen LogP contribution in [0.5, 0.6) is 0 Å². The fraction of sp³-hybridized carbons (Fsp3) is 0.923. The standard InChI is InChI=1S/C13H27N3O/c1-11(10-12-6-4-5-8-15-12)16(3)9-7-13(17)14-2/h11-12,15H,4-10H2,1-3H3,(H,14,17). The van der Waals surface area contributed by atoms with Crippen molar-refractivity contribution in [1.29, 1.82) is 0 Å². The summed E-state index contributed by atoms with van der Waals surface area (Å²) in [6.45, 7) is 4.26. The number of nitrogens with zero attached hydrogens (tertiary/aromatic N) is 1. The van der Waals surface area contributed by atoms with Gasteiger partial charge in [-0.05, 0) is 39.8 Å². The summed E-state index contributed by atoms with van der Waals surface area (Å²) < 4.78 is 0. The minimum atomic E-state index is 0.125. The van der Waals surface area contributed by atoms with Gasteiger partial charge in [0.15, 0.2) is 0 Å². The van der Waals surface area contributed by atoms with Crippen LogP contribution in [0, 0.1) is 0 Å². The summed E-state index contributed by atoms with van der Waals surface area (Å²) in [6.07, 6.45) is 5.75. The number of carbonyl (C=O) groups is 1. The molecular weight excluding hydrogens is 214 g/mol. The molecule has 1 aliphatic rings. The molecule has 0 bridgehead atoms. The summed E-state index contributed by atoms with van der Waals surface area (Å²) >= 11 is 0. The first-order valence-corrected chi connectivity index (χ1v) is 6.77. The van der Waals surface area contributed by atoms with Crippen LogP contribution in [-0.4, -0.2) is 50.1 Å². The summed E-state index contributed by atoms with van der Waals surface area (Å²) in [5, 5.41) is 6.24. The van der Waals surface area contributed by atoms with E-state index in [0.717, 1.165) is 6.54 Å².